The van der Waals surface area contributed by atoms with E-state index in [9.17, 15) is 9.59 Å². The molecule has 0 saturated heterocycles. The normalized spacial score (nSPS) is 28.8. The van der Waals surface area contributed by atoms with Crippen LogP contribution in [-0.4, -0.2) is 25.8 Å². The van der Waals surface area contributed by atoms with E-state index in [4.69, 9.17) is 9.47 Å². The maximum Gasteiger partial charge on any atom is 0.163 e. The Morgan fingerprint density at radius 1 is 1.04 bits per heavy atom. The molecule has 2 atom stereocenters. The van der Waals surface area contributed by atoms with Crippen LogP contribution in [0.3, 0.4) is 0 Å². The summed E-state index contributed by atoms with van der Waals surface area (Å²) < 4.78 is 10.8. The van der Waals surface area contributed by atoms with E-state index >= 15 is 0 Å². The first kappa shape index (κ1) is 16.0. The molecule has 0 N–H and O–H groups in total. The monoisotopic (exact) mass is 316 g/mol. The van der Waals surface area contributed by atoms with Crippen LogP contribution in [0.1, 0.15) is 56.0 Å². The molecule has 23 heavy (non-hydrogen) atoms. The van der Waals surface area contributed by atoms with Crippen LogP contribution < -0.4 is 9.47 Å². The summed E-state index contributed by atoms with van der Waals surface area (Å²) in [5.74, 6) is 1.58. The zero-order valence-corrected chi connectivity index (χ0v) is 14.5. The van der Waals surface area contributed by atoms with Gasteiger partial charge in [-0.1, -0.05) is 20.8 Å². The second-order valence-electron chi connectivity index (χ2n) is 7.49. The maximum absolute atomic E-state index is 12.7. The average molecular weight is 316 g/mol. The Morgan fingerprint density at radius 2 is 1.65 bits per heavy atom. The largest absolute Gasteiger partial charge is 0.493 e. The number of ether oxygens (including phenoxy) is 2. The minimum absolute atomic E-state index is 0.0225. The third kappa shape index (κ3) is 2.11. The molecule has 0 aliphatic heterocycles. The van der Waals surface area contributed by atoms with Gasteiger partial charge in [0.05, 0.1) is 14.2 Å². The second kappa shape index (κ2) is 5.08. The van der Waals surface area contributed by atoms with E-state index in [1.807, 2.05) is 19.9 Å². The van der Waals surface area contributed by atoms with Crippen LogP contribution in [0.5, 0.6) is 11.5 Å². The first-order chi connectivity index (χ1) is 10.8. The first-order valence-corrected chi connectivity index (χ1v) is 8.08. The molecule has 0 radical (unpaired) electrons. The van der Waals surface area contributed by atoms with Crippen LogP contribution in [0, 0.1) is 11.3 Å². The molecule has 3 rings (SSSR count). The topological polar surface area (TPSA) is 52.6 Å². The molecule has 0 bridgehead atoms. The van der Waals surface area contributed by atoms with Gasteiger partial charge in [0.15, 0.2) is 17.3 Å². The Kier molecular flexibility index (Phi) is 3.54. The maximum atomic E-state index is 12.7. The van der Waals surface area contributed by atoms with Crippen molar-refractivity contribution in [2.45, 2.75) is 45.4 Å². The highest BCUT2D eigenvalue weighted by atomic mass is 16.5. The van der Waals surface area contributed by atoms with Crippen molar-refractivity contribution in [1.82, 2.24) is 0 Å². The average Bonchev–Trinajstić information content (AvgIpc) is 2.53. The summed E-state index contributed by atoms with van der Waals surface area (Å²) in [5.41, 5.74) is 1.04. The Morgan fingerprint density at radius 3 is 2.26 bits per heavy atom. The number of benzene rings is 1. The van der Waals surface area contributed by atoms with Gasteiger partial charge in [-0.15, -0.1) is 0 Å². The SMILES string of the molecule is COc1cc2c(cc1OC)[C@@]1(C)CCC(=O)C(C)(C)[C@@H]1CC2=O. The summed E-state index contributed by atoms with van der Waals surface area (Å²) >= 11 is 0. The number of methoxy groups -OCH3 is 2. The highest BCUT2D eigenvalue weighted by molar-refractivity contribution is 6.01. The molecule has 1 aromatic carbocycles. The highest BCUT2D eigenvalue weighted by Gasteiger charge is 2.55. The van der Waals surface area contributed by atoms with Gasteiger partial charge in [0, 0.05) is 23.8 Å². The Hall–Kier alpha value is -1.84. The summed E-state index contributed by atoms with van der Waals surface area (Å²) in [4.78, 5) is 25.1. The summed E-state index contributed by atoms with van der Waals surface area (Å²) in [6.45, 7) is 6.15. The van der Waals surface area contributed by atoms with Gasteiger partial charge in [0.1, 0.15) is 5.78 Å². The van der Waals surface area contributed by atoms with Crippen LogP contribution in [0.2, 0.25) is 0 Å². The van der Waals surface area contributed by atoms with Crippen LogP contribution >= 0.6 is 0 Å². The molecule has 0 unspecified atom stereocenters. The fourth-order valence-corrected chi connectivity index (χ4v) is 4.54. The zero-order valence-electron chi connectivity index (χ0n) is 14.5. The van der Waals surface area contributed by atoms with Crippen LogP contribution in [0.25, 0.3) is 0 Å². The summed E-state index contributed by atoms with van der Waals surface area (Å²) in [6.07, 6.45) is 1.75. The lowest BCUT2D eigenvalue weighted by molar-refractivity contribution is -0.136. The third-order valence-corrected chi connectivity index (χ3v) is 6.06. The van der Waals surface area contributed by atoms with Gasteiger partial charge in [0.2, 0.25) is 0 Å². The lowest BCUT2D eigenvalue weighted by Gasteiger charge is -2.52. The van der Waals surface area contributed by atoms with E-state index in [0.717, 1.165) is 12.0 Å². The van der Waals surface area contributed by atoms with E-state index in [2.05, 4.69) is 6.92 Å². The van der Waals surface area contributed by atoms with Gasteiger partial charge >= 0.3 is 0 Å². The van der Waals surface area contributed by atoms with Gasteiger partial charge in [-0.3, -0.25) is 9.59 Å². The van der Waals surface area contributed by atoms with E-state index in [1.54, 1.807) is 20.3 Å². The van der Waals surface area contributed by atoms with Crippen molar-refractivity contribution >= 4 is 11.6 Å². The number of rotatable bonds is 2. The number of ketones is 2. The van der Waals surface area contributed by atoms with E-state index < -0.39 is 5.41 Å². The quantitative estimate of drug-likeness (QED) is 0.837. The van der Waals surface area contributed by atoms with Gasteiger partial charge in [-0.05, 0) is 35.4 Å². The fourth-order valence-electron chi connectivity index (χ4n) is 4.54. The molecule has 0 amide bonds. The molecule has 2 aliphatic carbocycles. The third-order valence-electron chi connectivity index (χ3n) is 6.06. The molecular formula is C19H24O4. The van der Waals surface area contributed by atoms with Gasteiger partial charge in [-0.2, -0.15) is 0 Å². The Labute approximate surface area is 137 Å². The van der Waals surface area contributed by atoms with Gasteiger partial charge in [0.25, 0.3) is 0 Å². The van der Waals surface area contributed by atoms with Crippen molar-refractivity contribution in [1.29, 1.82) is 0 Å². The van der Waals surface area contributed by atoms with Crippen molar-refractivity contribution < 1.29 is 19.1 Å². The smallest absolute Gasteiger partial charge is 0.163 e. The van der Waals surface area contributed by atoms with Crippen molar-refractivity contribution in [2.75, 3.05) is 14.2 Å². The van der Waals surface area contributed by atoms with Crippen molar-refractivity contribution in [3.8, 4) is 11.5 Å². The first-order valence-electron chi connectivity index (χ1n) is 8.08. The standard InChI is InChI=1S/C19H24O4/c1-18(2)16-10-13(20)11-8-14(22-4)15(23-5)9-12(11)19(16,3)7-6-17(18)21/h8-9,16H,6-7,10H2,1-5H3/t16-,19+/m0/s1. The molecular weight excluding hydrogens is 292 g/mol. The number of Topliss-reactive ketones (excluding diaryl/α,β-unsaturated/α-hetero) is 2. The van der Waals surface area contributed by atoms with Gasteiger partial charge < -0.3 is 9.47 Å². The molecule has 1 saturated carbocycles. The second-order valence-corrected chi connectivity index (χ2v) is 7.49. The number of hydrogen-bond acceptors (Lipinski definition) is 4. The molecule has 124 valence electrons. The molecule has 4 heteroatoms. The molecule has 0 aromatic heterocycles. The lowest BCUT2D eigenvalue weighted by Crippen LogP contribution is -2.53. The summed E-state index contributed by atoms with van der Waals surface area (Å²) in [5, 5.41) is 0. The summed E-state index contributed by atoms with van der Waals surface area (Å²) in [6, 6.07) is 3.73. The van der Waals surface area contributed by atoms with E-state index in [1.165, 1.54) is 0 Å². The number of carbonyl (C=O) groups is 2. The van der Waals surface area contributed by atoms with Crippen LogP contribution in [0.4, 0.5) is 0 Å². The Balaban J connectivity index is 2.22. The lowest BCUT2D eigenvalue weighted by atomic mass is 9.50. The molecule has 1 aromatic rings. The molecule has 0 heterocycles. The molecule has 2 aliphatic rings. The number of carbonyl (C=O) groups excluding carboxylic acids is 2. The molecule has 0 spiro atoms. The van der Waals surface area contributed by atoms with Crippen LogP contribution in [0.15, 0.2) is 12.1 Å². The van der Waals surface area contributed by atoms with E-state index in [0.29, 0.717) is 29.9 Å². The minimum atomic E-state index is -0.479. The molecule has 4 nitrogen and oxygen atoms in total. The predicted octanol–water partition coefficient (Wildman–Crippen LogP) is 3.55. The minimum Gasteiger partial charge on any atom is -0.493 e. The Bertz CT molecular complexity index is 689. The van der Waals surface area contributed by atoms with Crippen molar-refractivity contribution in [3.63, 3.8) is 0 Å². The van der Waals surface area contributed by atoms with Gasteiger partial charge in [-0.25, -0.2) is 0 Å². The fraction of sp³-hybridized carbons (Fsp3) is 0.579. The molecule has 1 fully saturated rings. The predicted molar refractivity (Wildman–Crippen MR) is 87.4 cm³/mol. The zero-order chi connectivity index (χ0) is 17.0. The van der Waals surface area contributed by atoms with E-state index in [-0.39, 0.29) is 22.9 Å². The van der Waals surface area contributed by atoms with Crippen LogP contribution in [-0.2, 0) is 10.2 Å². The summed E-state index contributed by atoms with van der Waals surface area (Å²) in [7, 11) is 3.17. The van der Waals surface area contributed by atoms with Crippen molar-refractivity contribution in [3.05, 3.63) is 23.3 Å². The van der Waals surface area contributed by atoms with Crippen molar-refractivity contribution in [2.24, 2.45) is 11.3 Å². The number of hydrogen-bond donors (Lipinski definition) is 0. The highest BCUT2D eigenvalue weighted by Crippen LogP contribution is 2.56. The number of fused-ring (bicyclic) bond motifs is 3.